The van der Waals surface area contributed by atoms with Crippen LogP contribution in [0.25, 0.3) is 5.00 Å². The van der Waals surface area contributed by atoms with Gasteiger partial charge in [0.2, 0.25) is 5.91 Å². The highest BCUT2D eigenvalue weighted by atomic mass is 35.5. The number of aromatic nitrogens is 3. The van der Waals surface area contributed by atoms with Crippen molar-refractivity contribution >= 4 is 40.8 Å². The van der Waals surface area contributed by atoms with E-state index in [-0.39, 0.29) is 11.8 Å². The predicted molar refractivity (Wildman–Crippen MR) is 160 cm³/mol. The van der Waals surface area contributed by atoms with Crippen LogP contribution in [0.15, 0.2) is 68.8 Å². The largest absolute Gasteiger partial charge is 0.378 e. The first kappa shape index (κ1) is 26.9. The summed E-state index contributed by atoms with van der Waals surface area (Å²) in [6, 6.07) is 7.82. The first-order valence-corrected chi connectivity index (χ1v) is 15.0. The first-order valence-electron chi connectivity index (χ1n) is 13.8. The van der Waals surface area contributed by atoms with Crippen molar-refractivity contribution in [3.63, 3.8) is 0 Å². The number of rotatable bonds is 2. The summed E-state index contributed by atoms with van der Waals surface area (Å²) in [7, 11) is 0. The van der Waals surface area contributed by atoms with Gasteiger partial charge < -0.3 is 14.5 Å². The zero-order valence-corrected chi connectivity index (χ0v) is 24.6. The summed E-state index contributed by atoms with van der Waals surface area (Å²) in [4.78, 5) is 27.3. The van der Waals surface area contributed by atoms with Gasteiger partial charge in [0.05, 0.1) is 25.1 Å². The van der Waals surface area contributed by atoms with Gasteiger partial charge in [-0.15, -0.1) is 26.6 Å². The second-order valence-electron chi connectivity index (χ2n) is 10.3. The van der Waals surface area contributed by atoms with Gasteiger partial charge >= 0.3 is 0 Å². The van der Waals surface area contributed by atoms with Crippen molar-refractivity contribution in [1.29, 1.82) is 0 Å². The Morgan fingerprint density at radius 1 is 1.14 bits per heavy atom. The second kappa shape index (κ2) is 11.3. The molecule has 1 amide bonds. The number of carbonyl (C=O) groups excluding carboxylic acids is 1. The molecule has 0 spiro atoms. The molecular formula is C29H28ClN9O2S. The predicted octanol–water partition coefficient (Wildman–Crippen LogP) is 4.32. The first-order chi connectivity index (χ1) is 20.6. The van der Waals surface area contributed by atoms with E-state index in [1.165, 1.54) is 10.4 Å². The molecule has 1 fully saturated rings. The van der Waals surface area contributed by atoms with Crippen molar-refractivity contribution in [2.45, 2.75) is 26.3 Å². The van der Waals surface area contributed by atoms with Gasteiger partial charge in [-0.3, -0.25) is 19.3 Å². The molecule has 1 aromatic carbocycles. The summed E-state index contributed by atoms with van der Waals surface area (Å²) in [5.74, 6) is 2.68. The van der Waals surface area contributed by atoms with E-state index in [4.69, 9.17) is 21.3 Å². The van der Waals surface area contributed by atoms with Crippen LogP contribution in [0.4, 0.5) is 0 Å². The Balaban J connectivity index is 0.000000243. The molecule has 4 aliphatic heterocycles. The highest BCUT2D eigenvalue weighted by molar-refractivity contribution is 7.15. The fourth-order valence-corrected chi connectivity index (χ4v) is 7.44. The lowest BCUT2D eigenvalue weighted by atomic mass is 9.97. The maximum absolute atomic E-state index is 13.2. The number of nitrogens with zero attached hydrogens (tertiary/aromatic N) is 9. The fraction of sp³-hybridized carbons (Fsp3) is 0.345. The van der Waals surface area contributed by atoms with E-state index in [0.29, 0.717) is 44.5 Å². The summed E-state index contributed by atoms with van der Waals surface area (Å²) in [5, 5.41) is 18.1. The number of amides is 1. The van der Waals surface area contributed by atoms with E-state index in [1.54, 1.807) is 23.8 Å². The summed E-state index contributed by atoms with van der Waals surface area (Å²) in [6.07, 6.45) is 8.66. The highest BCUT2D eigenvalue weighted by Crippen LogP contribution is 2.44. The number of fused-ring (bicyclic) bond motifs is 6. The molecule has 1 atom stereocenters. The topological polar surface area (TPSA) is 113 Å². The number of allylic oxidation sites excluding steroid dienone is 1. The zero-order valence-electron chi connectivity index (χ0n) is 23.0. The third kappa shape index (κ3) is 4.89. The molecule has 1 saturated heterocycles. The van der Waals surface area contributed by atoms with Crippen LogP contribution in [0, 0.1) is 12.8 Å². The van der Waals surface area contributed by atoms with E-state index in [9.17, 15) is 4.79 Å². The van der Waals surface area contributed by atoms with E-state index in [2.05, 4.69) is 30.0 Å². The van der Waals surface area contributed by atoms with E-state index >= 15 is 0 Å². The fourth-order valence-electron chi connectivity index (χ4n) is 5.74. The average molecular weight is 602 g/mol. The zero-order chi connectivity index (χ0) is 28.6. The number of benzene rings is 1. The Labute approximate surface area is 251 Å². The Kier molecular flexibility index (Phi) is 7.26. The Morgan fingerprint density at radius 3 is 2.86 bits per heavy atom. The van der Waals surface area contributed by atoms with Crippen LogP contribution in [0.5, 0.6) is 0 Å². The third-order valence-electron chi connectivity index (χ3n) is 7.78. The van der Waals surface area contributed by atoms with Crippen LogP contribution in [-0.2, 0) is 28.9 Å². The minimum Gasteiger partial charge on any atom is -0.378 e. The van der Waals surface area contributed by atoms with Gasteiger partial charge in [0, 0.05) is 52.4 Å². The molecule has 6 heterocycles. The molecule has 0 saturated carbocycles. The second-order valence-corrected chi connectivity index (χ2v) is 11.8. The maximum atomic E-state index is 13.2. The van der Waals surface area contributed by atoms with Crippen molar-refractivity contribution in [3.8, 4) is 5.00 Å². The molecule has 42 heavy (non-hydrogen) atoms. The van der Waals surface area contributed by atoms with Crippen molar-refractivity contribution < 1.29 is 9.53 Å². The van der Waals surface area contributed by atoms with Crippen molar-refractivity contribution in [2.24, 2.45) is 26.1 Å². The van der Waals surface area contributed by atoms with Crippen LogP contribution < -0.4 is 0 Å². The Hall–Kier alpha value is -4.00. The number of morpholine rings is 1. The van der Waals surface area contributed by atoms with Crippen LogP contribution >= 0.6 is 22.9 Å². The van der Waals surface area contributed by atoms with Crippen molar-refractivity contribution in [1.82, 2.24) is 24.6 Å². The number of hydrogen-bond acceptors (Lipinski definition) is 10. The molecule has 8 rings (SSSR count). The maximum Gasteiger partial charge on any atom is 0.226 e. The van der Waals surface area contributed by atoms with Gasteiger partial charge in [-0.1, -0.05) is 29.8 Å². The molecule has 11 nitrogen and oxygen atoms in total. The van der Waals surface area contributed by atoms with Crippen LogP contribution in [0.1, 0.15) is 33.2 Å². The number of carbonyl (C=O) groups is 1. The molecule has 0 N–H and O–H groups in total. The smallest absolute Gasteiger partial charge is 0.226 e. The van der Waals surface area contributed by atoms with Gasteiger partial charge in [-0.05, 0) is 37.5 Å². The quantitative estimate of drug-likeness (QED) is 0.434. The molecule has 214 valence electrons. The number of azo groups is 1. The molecular weight excluding hydrogens is 574 g/mol. The summed E-state index contributed by atoms with van der Waals surface area (Å²) in [5.41, 5.74) is 4.09. The molecule has 2 aromatic heterocycles. The lowest BCUT2D eigenvalue weighted by molar-refractivity contribution is -0.139. The standard InChI is InChI=1S/C23H22ClN5O2S.C6H6N4/c1-13-26-27-19-12-25-21(15-4-2-3-5-17(15)24)20-16-10-14(11-18(16)32-23(20)29(13)19)22(30)28-6-8-31-9-7-28;1-2-7-4-6-9-8-5-10(6)3-1/h2-5,14H,6-12H2,1H3;1-4H,5H2. The molecule has 13 heteroatoms. The van der Waals surface area contributed by atoms with Crippen molar-refractivity contribution in [3.05, 3.63) is 86.8 Å². The molecule has 5 aliphatic rings. The van der Waals surface area contributed by atoms with Crippen molar-refractivity contribution in [2.75, 3.05) is 33.0 Å². The lowest BCUT2D eigenvalue weighted by Gasteiger charge is -2.29. The molecule has 0 radical (unpaired) electrons. The normalized spacial score (nSPS) is 20.0. The minimum atomic E-state index is -0.0307. The number of hydrogen-bond donors (Lipinski definition) is 0. The monoisotopic (exact) mass is 601 g/mol. The molecule has 3 aromatic rings. The van der Waals surface area contributed by atoms with Gasteiger partial charge in [-0.2, -0.15) is 5.11 Å². The number of halogens is 1. The molecule has 1 aliphatic carbocycles. The highest BCUT2D eigenvalue weighted by Gasteiger charge is 2.38. The van der Waals surface area contributed by atoms with Crippen LogP contribution in [0.2, 0.25) is 5.02 Å². The van der Waals surface area contributed by atoms with Crippen LogP contribution in [-0.4, -0.2) is 75.4 Å². The van der Waals surface area contributed by atoms with Gasteiger partial charge in [0.1, 0.15) is 24.0 Å². The third-order valence-corrected chi connectivity index (χ3v) is 9.35. The summed E-state index contributed by atoms with van der Waals surface area (Å²) in [6.45, 7) is 5.62. The number of aliphatic imine (C=N–C) groups is 2. The van der Waals surface area contributed by atoms with Gasteiger partial charge in [0.25, 0.3) is 0 Å². The number of thiophene rings is 1. The Bertz CT molecular complexity index is 1700. The minimum absolute atomic E-state index is 0.0307. The summed E-state index contributed by atoms with van der Waals surface area (Å²) < 4.78 is 7.54. The van der Waals surface area contributed by atoms with E-state index in [1.807, 2.05) is 53.3 Å². The molecule has 0 bridgehead atoms. The van der Waals surface area contributed by atoms with Crippen LogP contribution in [0.3, 0.4) is 0 Å². The SMILES string of the molecule is C1=CN2CN=NC2=CN=C1.Cc1nnc2n1-c1sc3c(c1C(c1ccccc1Cl)=NC2)CC(C(=O)N1CCOCC1)C3. The average Bonchev–Trinajstić information content (AvgIpc) is 3.74. The van der Waals surface area contributed by atoms with E-state index in [0.717, 1.165) is 52.2 Å². The number of ether oxygens (including phenoxy) is 1. The van der Waals surface area contributed by atoms with Gasteiger partial charge in [0.15, 0.2) is 11.6 Å². The van der Waals surface area contributed by atoms with Gasteiger partial charge in [-0.25, -0.2) is 0 Å². The molecule has 1 unspecified atom stereocenters. The summed E-state index contributed by atoms with van der Waals surface area (Å²) >= 11 is 8.34. The number of aryl methyl sites for hydroxylation is 1. The lowest BCUT2D eigenvalue weighted by Crippen LogP contribution is -2.44. The van der Waals surface area contributed by atoms with E-state index < -0.39 is 0 Å². The Morgan fingerprint density at radius 2 is 2.00 bits per heavy atom.